The van der Waals surface area contributed by atoms with E-state index >= 15 is 0 Å². The second-order valence-corrected chi connectivity index (χ2v) is 10.4. The zero-order valence-electron chi connectivity index (χ0n) is 17.3. The van der Waals surface area contributed by atoms with Crippen LogP contribution in [0.15, 0.2) is 65.6 Å². The number of nitrogens with zero attached hydrogens (tertiary/aromatic N) is 1. The maximum Gasteiger partial charge on any atom is 0.418 e. The molecular weight excluding hydrogens is 536 g/mol. The predicted octanol–water partition coefficient (Wildman–Crippen LogP) is 6.81. The number of sulfonamides is 1. The number of hydrogen-bond donors (Lipinski definition) is 1. The van der Waals surface area contributed by atoms with Gasteiger partial charge in [-0.2, -0.15) is 13.2 Å². The van der Waals surface area contributed by atoms with E-state index in [0.717, 1.165) is 11.6 Å². The fourth-order valence-electron chi connectivity index (χ4n) is 3.02. The van der Waals surface area contributed by atoms with Crippen molar-refractivity contribution < 1.29 is 26.4 Å². The van der Waals surface area contributed by atoms with Crippen molar-refractivity contribution in [3.8, 4) is 0 Å². The van der Waals surface area contributed by atoms with E-state index in [9.17, 15) is 26.4 Å². The maximum absolute atomic E-state index is 13.4. The Morgan fingerprint density at radius 2 is 1.50 bits per heavy atom. The topological polar surface area (TPSA) is 66.5 Å². The van der Waals surface area contributed by atoms with Gasteiger partial charge >= 0.3 is 6.18 Å². The molecule has 3 rings (SSSR count). The van der Waals surface area contributed by atoms with Gasteiger partial charge in [-0.3, -0.25) is 9.10 Å². The normalized spacial score (nSPS) is 11.9. The highest BCUT2D eigenvalue weighted by Gasteiger charge is 2.35. The molecule has 0 aliphatic carbocycles. The van der Waals surface area contributed by atoms with Gasteiger partial charge in [0.15, 0.2) is 0 Å². The second-order valence-electron chi connectivity index (χ2n) is 7.19. The Morgan fingerprint density at radius 3 is 2.06 bits per heavy atom. The van der Waals surface area contributed by atoms with Gasteiger partial charge in [0.25, 0.3) is 10.0 Å². The average molecular weight is 552 g/mol. The molecule has 34 heavy (non-hydrogen) atoms. The summed E-state index contributed by atoms with van der Waals surface area (Å²) in [5, 5.41) is 2.14. The highest BCUT2D eigenvalue weighted by molar-refractivity contribution is 7.92. The first kappa shape index (κ1) is 26.2. The van der Waals surface area contributed by atoms with Crippen LogP contribution in [0.3, 0.4) is 0 Å². The molecule has 0 bridgehead atoms. The Hall–Kier alpha value is -2.46. The molecule has 0 atom stereocenters. The minimum absolute atomic E-state index is 0.0413. The summed E-state index contributed by atoms with van der Waals surface area (Å²) in [5.74, 6) is -1.03. The van der Waals surface area contributed by atoms with E-state index in [-0.39, 0.29) is 25.7 Å². The molecular formula is C22H16Cl3F3N2O3S. The van der Waals surface area contributed by atoms with Crippen LogP contribution in [0.5, 0.6) is 0 Å². The summed E-state index contributed by atoms with van der Waals surface area (Å²) >= 11 is 17.7. The smallest absolute Gasteiger partial charge is 0.324 e. The van der Waals surface area contributed by atoms with Gasteiger partial charge in [-0.1, -0.05) is 52.5 Å². The minimum Gasteiger partial charge on any atom is -0.324 e. The average Bonchev–Trinajstić information content (AvgIpc) is 2.72. The summed E-state index contributed by atoms with van der Waals surface area (Å²) in [5.41, 5.74) is -0.984. The van der Waals surface area contributed by atoms with Crippen molar-refractivity contribution in [2.24, 2.45) is 0 Å². The van der Waals surface area contributed by atoms with Crippen LogP contribution in [-0.2, 0) is 21.0 Å². The van der Waals surface area contributed by atoms with Crippen LogP contribution in [0.1, 0.15) is 11.1 Å². The molecule has 3 aromatic carbocycles. The van der Waals surface area contributed by atoms with E-state index in [1.807, 2.05) is 0 Å². The second kappa shape index (κ2) is 10.0. The number of anilines is 2. The van der Waals surface area contributed by atoms with E-state index in [1.54, 1.807) is 19.1 Å². The Balaban J connectivity index is 2.02. The minimum atomic E-state index is -4.80. The molecule has 0 saturated heterocycles. The van der Waals surface area contributed by atoms with Crippen molar-refractivity contribution in [3.05, 3.63) is 86.9 Å². The lowest BCUT2D eigenvalue weighted by Gasteiger charge is -2.25. The first-order chi connectivity index (χ1) is 15.8. The van der Waals surface area contributed by atoms with Crippen LogP contribution in [0.4, 0.5) is 24.5 Å². The van der Waals surface area contributed by atoms with Crippen molar-refractivity contribution in [3.63, 3.8) is 0 Å². The zero-order chi connectivity index (χ0) is 25.3. The summed E-state index contributed by atoms with van der Waals surface area (Å²) in [6.45, 7) is 0.912. The number of hydrogen-bond acceptors (Lipinski definition) is 3. The van der Waals surface area contributed by atoms with Crippen LogP contribution in [-0.4, -0.2) is 20.9 Å². The largest absolute Gasteiger partial charge is 0.418 e. The molecule has 12 heteroatoms. The molecule has 0 aromatic heterocycles. The molecule has 1 amide bonds. The van der Waals surface area contributed by atoms with Crippen molar-refractivity contribution >= 4 is 62.1 Å². The molecule has 5 nitrogen and oxygen atoms in total. The van der Waals surface area contributed by atoms with Crippen LogP contribution in [0.25, 0.3) is 0 Å². The van der Waals surface area contributed by atoms with Crippen molar-refractivity contribution in [2.45, 2.75) is 18.0 Å². The molecule has 0 radical (unpaired) electrons. The Kier molecular flexibility index (Phi) is 7.72. The van der Waals surface area contributed by atoms with E-state index in [0.29, 0.717) is 10.4 Å². The molecule has 3 aromatic rings. The summed E-state index contributed by atoms with van der Waals surface area (Å²) in [6.07, 6.45) is -4.80. The van der Waals surface area contributed by atoms with Crippen LogP contribution < -0.4 is 9.62 Å². The fourth-order valence-corrected chi connectivity index (χ4v) is 5.11. The monoisotopic (exact) mass is 550 g/mol. The van der Waals surface area contributed by atoms with Gasteiger partial charge in [0.1, 0.15) is 6.54 Å². The number of nitrogens with one attached hydrogen (secondary N) is 1. The third-order valence-corrected chi connectivity index (χ3v) is 7.05. The third kappa shape index (κ3) is 6.15. The summed E-state index contributed by atoms with van der Waals surface area (Å²) in [6, 6.07) is 12.6. The molecule has 0 fully saturated rings. The number of carbonyl (C=O) groups excluding carboxylic acids is 1. The van der Waals surface area contributed by atoms with Gasteiger partial charge in [0.2, 0.25) is 5.91 Å². The lowest BCUT2D eigenvalue weighted by atomic mass is 10.1. The molecule has 0 aliphatic heterocycles. The van der Waals surface area contributed by atoms with Gasteiger partial charge in [-0.25, -0.2) is 8.42 Å². The van der Waals surface area contributed by atoms with Crippen molar-refractivity contribution in [1.82, 2.24) is 0 Å². The Bertz CT molecular complexity index is 1310. The Morgan fingerprint density at radius 1 is 0.912 bits per heavy atom. The number of aryl methyl sites for hydroxylation is 1. The van der Waals surface area contributed by atoms with E-state index in [2.05, 4.69) is 5.32 Å². The standard InChI is InChI=1S/C22H16Cl3F3N2O3S/c1-13-2-5-18(6-3-13)34(32,33)30(17-9-15(24)8-16(25)10-17)12-21(31)29-20-7-4-14(23)11-19(20)22(26,27)28/h2-11H,12H2,1H3,(H,29,31). The van der Waals surface area contributed by atoms with Gasteiger partial charge in [-0.15, -0.1) is 0 Å². The number of alkyl halides is 3. The molecule has 180 valence electrons. The van der Waals surface area contributed by atoms with E-state index < -0.39 is 39.9 Å². The molecule has 0 unspecified atom stereocenters. The summed E-state index contributed by atoms with van der Waals surface area (Å²) in [4.78, 5) is 12.6. The van der Waals surface area contributed by atoms with E-state index in [1.165, 1.54) is 36.4 Å². The maximum atomic E-state index is 13.4. The fraction of sp³-hybridized carbons (Fsp3) is 0.136. The highest BCUT2D eigenvalue weighted by Crippen LogP contribution is 2.37. The van der Waals surface area contributed by atoms with Gasteiger partial charge < -0.3 is 5.32 Å². The summed E-state index contributed by atoms with van der Waals surface area (Å²) < 4.78 is 67.7. The number of halogens is 6. The molecule has 1 N–H and O–H groups in total. The van der Waals surface area contributed by atoms with Gasteiger partial charge in [0, 0.05) is 15.1 Å². The highest BCUT2D eigenvalue weighted by atomic mass is 35.5. The van der Waals surface area contributed by atoms with Crippen LogP contribution >= 0.6 is 34.8 Å². The quantitative estimate of drug-likeness (QED) is 0.366. The number of amides is 1. The SMILES string of the molecule is Cc1ccc(S(=O)(=O)N(CC(=O)Nc2ccc(Cl)cc2C(F)(F)F)c2cc(Cl)cc(Cl)c2)cc1. The van der Waals surface area contributed by atoms with Crippen molar-refractivity contribution in [1.29, 1.82) is 0 Å². The third-order valence-electron chi connectivity index (χ3n) is 4.59. The molecule has 0 heterocycles. The molecule has 0 saturated carbocycles. The number of benzene rings is 3. The van der Waals surface area contributed by atoms with Crippen LogP contribution in [0, 0.1) is 6.92 Å². The van der Waals surface area contributed by atoms with Gasteiger partial charge in [0.05, 0.1) is 21.8 Å². The van der Waals surface area contributed by atoms with E-state index in [4.69, 9.17) is 34.8 Å². The number of carbonyl (C=O) groups is 1. The van der Waals surface area contributed by atoms with Gasteiger partial charge in [-0.05, 0) is 55.5 Å². The predicted molar refractivity (Wildman–Crippen MR) is 127 cm³/mol. The number of rotatable bonds is 6. The van der Waals surface area contributed by atoms with Crippen molar-refractivity contribution in [2.75, 3.05) is 16.2 Å². The zero-order valence-corrected chi connectivity index (χ0v) is 20.4. The lowest BCUT2D eigenvalue weighted by Crippen LogP contribution is -2.38. The first-order valence-electron chi connectivity index (χ1n) is 9.49. The lowest BCUT2D eigenvalue weighted by molar-refractivity contribution is -0.137. The Labute approximate surface area is 209 Å². The molecule has 0 spiro atoms. The summed E-state index contributed by atoms with van der Waals surface area (Å²) in [7, 11) is -4.33. The first-order valence-corrected chi connectivity index (χ1v) is 12.1. The molecule has 0 aliphatic rings. The van der Waals surface area contributed by atoms with Crippen LogP contribution in [0.2, 0.25) is 15.1 Å².